The number of aryl methyl sites for hydroxylation is 2. The molecule has 4 rings (SSSR count). The Bertz CT molecular complexity index is 966. The monoisotopic (exact) mass is 389 g/mol. The predicted molar refractivity (Wildman–Crippen MR) is 115 cm³/mol. The fourth-order valence-corrected chi connectivity index (χ4v) is 3.58. The van der Waals surface area contributed by atoms with Crippen molar-refractivity contribution in [2.75, 3.05) is 23.3 Å². The van der Waals surface area contributed by atoms with E-state index < -0.39 is 0 Å². The van der Waals surface area contributed by atoms with Crippen LogP contribution in [0.1, 0.15) is 36.7 Å². The first-order valence-corrected chi connectivity index (χ1v) is 10.2. The van der Waals surface area contributed by atoms with Crippen LogP contribution in [0.15, 0.2) is 36.8 Å². The number of piperidine rings is 1. The van der Waals surface area contributed by atoms with Crippen LogP contribution in [0.25, 0.3) is 11.5 Å². The van der Waals surface area contributed by atoms with Crippen LogP contribution in [0.2, 0.25) is 0 Å². The Balaban J connectivity index is 1.46. The van der Waals surface area contributed by atoms with Crippen molar-refractivity contribution in [2.45, 2.75) is 46.1 Å². The Morgan fingerprint density at radius 2 is 1.90 bits per heavy atom. The Morgan fingerprint density at radius 1 is 1.07 bits per heavy atom. The van der Waals surface area contributed by atoms with Gasteiger partial charge in [0, 0.05) is 48.3 Å². The largest absolute Gasteiger partial charge is 0.367 e. The van der Waals surface area contributed by atoms with Gasteiger partial charge in [-0.1, -0.05) is 13.0 Å². The molecule has 7 nitrogen and oxygen atoms in total. The minimum atomic E-state index is 0.378. The number of nitrogens with zero attached hydrogens (tertiary/aromatic N) is 6. The summed E-state index contributed by atoms with van der Waals surface area (Å²) in [5, 5.41) is 3.66. The van der Waals surface area contributed by atoms with E-state index in [0.717, 1.165) is 66.6 Å². The zero-order chi connectivity index (χ0) is 20.2. The molecule has 0 unspecified atom stereocenters. The van der Waals surface area contributed by atoms with Crippen molar-refractivity contribution in [1.82, 2.24) is 24.9 Å². The van der Waals surface area contributed by atoms with E-state index in [-0.39, 0.29) is 0 Å². The van der Waals surface area contributed by atoms with Crippen LogP contribution >= 0.6 is 0 Å². The first-order valence-electron chi connectivity index (χ1n) is 10.2. The van der Waals surface area contributed by atoms with E-state index in [9.17, 15) is 0 Å². The molecule has 1 N–H and O–H groups in total. The van der Waals surface area contributed by atoms with Crippen LogP contribution < -0.4 is 10.2 Å². The third-order valence-corrected chi connectivity index (χ3v) is 5.51. The van der Waals surface area contributed by atoms with E-state index in [4.69, 9.17) is 4.98 Å². The zero-order valence-corrected chi connectivity index (χ0v) is 17.3. The molecule has 4 heterocycles. The molecular formula is C22H27N7. The summed E-state index contributed by atoms with van der Waals surface area (Å²) in [4.78, 5) is 24.9. The third-order valence-electron chi connectivity index (χ3n) is 5.51. The normalized spacial score (nSPS) is 14.8. The van der Waals surface area contributed by atoms with Crippen molar-refractivity contribution in [2.24, 2.45) is 0 Å². The SMILES string of the molecule is CCc1cc(N2CCC(Nc3nc(-c4ccccn4)nc(C)c3C)CC2)ncn1. The number of aromatic nitrogens is 5. The van der Waals surface area contributed by atoms with Gasteiger partial charge in [0.2, 0.25) is 0 Å². The maximum Gasteiger partial charge on any atom is 0.180 e. The van der Waals surface area contributed by atoms with Crippen molar-refractivity contribution in [3.05, 3.63) is 53.7 Å². The summed E-state index contributed by atoms with van der Waals surface area (Å²) in [5.41, 5.74) is 3.96. The van der Waals surface area contributed by atoms with Crippen molar-refractivity contribution >= 4 is 11.6 Å². The first kappa shape index (κ1) is 19.2. The van der Waals surface area contributed by atoms with Crippen LogP contribution in [0.3, 0.4) is 0 Å². The van der Waals surface area contributed by atoms with Gasteiger partial charge in [0.15, 0.2) is 5.82 Å². The highest BCUT2D eigenvalue weighted by atomic mass is 15.2. The highest BCUT2D eigenvalue weighted by Gasteiger charge is 2.22. The number of hydrogen-bond acceptors (Lipinski definition) is 7. The lowest BCUT2D eigenvalue weighted by Gasteiger charge is -2.33. The van der Waals surface area contributed by atoms with E-state index in [1.165, 1.54) is 0 Å². The summed E-state index contributed by atoms with van der Waals surface area (Å²) in [7, 11) is 0. The van der Waals surface area contributed by atoms with Crippen molar-refractivity contribution < 1.29 is 0 Å². The molecule has 0 radical (unpaired) electrons. The van der Waals surface area contributed by atoms with E-state index in [1.54, 1.807) is 12.5 Å². The Kier molecular flexibility index (Phi) is 5.64. The van der Waals surface area contributed by atoms with Crippen LogP contribution in [0.4, 0.5) is 11.6 Å². The predicted octanol–water partition coefficient (Wildman–Crippen LogP) is 3.59. The molecule has 1 aliphatic rings. The Hall–Kier alpha value is -3.09. The molecular weight excluding hydrogens is 362 g/mol. The van der Waals surface area contributed by atoms with Gasteiger partial charge in [-0.3, -0.25) is 4.98 Å². The number of nitrogens with one attached hydrogen (secondary N) is 1. The van der Waals surface area contributed by atoms with Gasteiger partial charge >= 0.3 is 0 Å². The molecule has 29 heavy (non-hydrogen) atoms. The molecule has 0 atom stereocenters. The number of hydrogen-bond donors (Lipinski definition) is 1. The molecule has 0 aromatic carbocycles. The summed E-state index contributed by atoms with van der Waals surface area (Å²) in [5.74, 6) is 2.61. The lowest BCUT2D eigenvalue weighted by atomic mass is 10.0. The lowest BCUT2D eigenvalue weighted by molar-refractivity contribution is 0.521. The van der Waals surface area contributed by atoms with Crippen LogP contribution in [0, 0.1) is 13.8 Å². The Labute approximate surface area is 171 Å². The molecule has 0 saturated carbocycles. The van der Waals surface area contributed by atoms with E-state index in [2.05, 4.69) is 50.1 Å². The fourth-order valence-electron chi connectivity index (χ4n) is 3.58. The van der Waals surface area contributed by atoms with Gasteiger partial charge in [0.25, 0.3) is 0 Å². The highest BCUT2D eigenvalue weighted by molar-refractivity contribution is 5.56. The molecule has 1 saturated heterocycles. The van der Waals surface area contributed by atoms with Gasteiger partial charge in [-0.25, -0.2) is 19.9 Å². The number of rotatable bonds is 5. The maximum absolute atomic E-state index is 4.78. The van der Waals surface area contributed by atoms with Crippen LogP contribution in [-0.4, -0.2) is 44.1 Å². The number of anilines is 2. The lowest BCUT2D eigenvalue weighted by Crippen LogP contribution is -2.40. The second-order valence-electron chi connectivity index (χ2n) is 7.45. The van der Waals surface area contributed by atoms with Gasteiger partial charge in [0.1, 0.15) is 23.7 Å². The molecule has 150 valence electrons. The third kappa shape index (κ3) is 4.34. The molecule has 1 fully saturated rings. The second-order valence-corrected chi connectivity index (χ2v) is 7.45. The molecule has 0 bridgehead atoms. The molecule has 3 aromatic heterocycles. The molecule has 3 aromatic rings. The van der Waals surface area contributed by atoms with Crippen LogP contribution in [-0.2, 0) is 6.42 Å². The van der Waals surface area contributed by atoms with Gasteiger partial charge in [-0.2, -0.15) is 0 Å². The quantitative estimate of drug-likeness (QED) is 0.714. The van der Waals surface area contributed by atoms with E-state index >= 15 is 0 Å². The second kappa shape index (κ2) is 8.51. The average molecular weight is 390 g/mol. The summed E-state index contributed by atoms with van der Waals surface area (Å²) in [6.07, 6.45) is 6.44. The fraction of sp³-hybridized carbons (Fsp3) is 0.409. The average Bonchev–Trinajstić information content (AvgIpc) is 2.78. The van der Waals surface area contributed by atoms with Gasteiger partial charge < -0.3 is 10.2 Å². The van der Waals surface area contributed by atoms with Crippen LogP contribution in [0.5, 0.6) is 0 Å². The van der Waals surface area contributed by atoms with Gasteiger partial charge in [0.05, 0.1) is 0 Å². The summed E-state index contributed by atoms with van der Waals surface area (Å²) in [6.45, 7) is 8.15. The minimum absolute atomic E-state index is 0.378. The maximum atomic E-state index is 4.78. The van der Waals surface area contributed by atoms with Gasteiger partial charge in [-0.05, 0) is 45.2 Å². The highest BCUT2D eigenvalue weighted by Crippen LogP contribution is 2.24. The summed E-state index contributed by atoms with van der Waals surface area (Å²) >= 11 is 0. The smallest absolute Gasteiger partial charge is 0.180 e. The van der Waals surface area contributed by atoms with E-state index in [1.807, 2.05) is 25.1 Å². The molecule has 0 amide bonds. The van der Waals surface area contributed by atoms with Crippen molar-refractivity contribution in [3.63, 3.8) is 0 Å². The molecule has 0 aliphatic carbocycles. The zero-order valence-electron chi connectivity index (χ0n) is 17.3. The van der Waals surface area contributed by atoms with Crippen molar-refractivity contribution in [1.29, 1.82) is 0 Å². The number of pyridine rings is 1. The standard InChI is InChI=1S/C22H27N7/c1-4-17-13-20(25-14-24-17)29-11-8-18(9-12-29)27-21-15(2)16(3)26-22(28-21)19-7-5-6-10-23-19/h5-7,10,13-14,18H,4,8-9,11-12H2,1-3H3,(H,26,27,28). The minimum Gasteiger partial charge on any atom is -0.367 e. The molecule has 7 heteroatoms. The van der Waals surface area contributed by atoms with E-state index in [0.29, 0.717) is 11.9 Å². The molecule has 1 aliphatic heterocycles. The topological polar surface area (TPSA) is 79.7 Å². The van der Waals surface area contributed by atoms with Gasteiger partial charge in [-0.15, -0.1) is 0 Å². The first-order chi connectivity index (χ1) is 14.1. The summed E-state index contributed by atoms with van der Waals surface area (Å²) < 4.78 is 0. The Morgan fingerprint density at radius 3 is 2.62 bits per heavy atom. The molecule has 0 spiro atoms. The summed E-state index contributed by atoms with van der Waals surface area (Å²) in [6, 6.07) is 8.28. The van der Waals surface area contributed by atoms with Crippen molar-refractivity contribution in [3.8, 4) is 11.5 Å².